The molecule has 1 atom stereocenters. The van der Waals surface area contributed by atoms with Gasteiger partial charge in [0.25, 0.3) is 0 Å². The van der Waals surface area contributed by atoms with Gasteiger partial charge in [0.05, 0.1) is 19.6 Å². The summed E-state index contributed by atoms with van der Waals surface area (Å²) in [7, 11) is 3.34. The minimum absolute atomic E-state index is 0.199. The summed E-state index contributed by atoms with van der Waals surface area (Å²) >= 11 is 6.62. The van der Waals surface area contributed by atoms with E-state index in [0.29, 0.717) is 0 Å². The van der Waals surface area contributed by atoms with Crippen molar-refractivity contribution in [2.75, 3.05) is 14.2 Å². The lowest BCUT2D eigenvalue weighted by atomic mass is 9.98. The Morgan fingerprint density at radius 3 is 2.25 bits per heavy atom. The van der Waals surface area contributed by atoms with Crippen LogP contribution in [0.25, 0.3) is 0 Å². The summed E-state index contributed by atoms with van der Waals surface area (Å²) in [5, 5.41) is -0.199. The van der Waals surface area contributed by atoms with E-state index in [1.165, 1.54) is 0 Å². The van der Waals surface area contributed by atoms with E-state index in [1.807, 2.05) is 50.2 Å². The van der Waals surface area contributed by atoms with E-state index in [-0.39, 0.29) is 5.38 Å². The van der Waals surface area contributed by atoms with Gasteiger partial charge in [-0.2, -0.15) is 0 Å². The molecule has 0 aliphatic rings. The molecule has 0 bridgehead atoms. The van der Waals surface area contributed by atoms with Gasteiger partial charge < -0.3 is 9.47 Å². The lowest BCUT2D eigenvalue weighted by Crippen LogP contribution is -1.98. The zero-order valence-corrected chi connectivity index (χ0v) is 13.0. The third kappa shape index (κ3) is 2.91. The maximum atomic E-state index is 6.62. The highest BCUT2D eigenvalue weighted by atomic mass is 35.5. The lowest BCUT2D eigenvalue weighted by molar-refractivity contribution is 0.411. The molecule has 106 valence electrons. The standard InChI is InChI=1S/C17H19ClO2/c1-11-5-6-13(10-16(11)20-4)17(18)15-8-7-14(19-3)9-12(15)2/h5-10,17H,1-4H3. The SMILES string of the molecule is COc1ccc(C(Cl)c2ccc(C)c(OC)c2)c(C)c1. The van der Waals surface area contributed by atoms with Crippen molar-refractivity contribution in [3.05, 3.63) is 58.7 Å². The molecule has 0 heterocycles. The zero-order chi connectivity index (χ0) is 14.7. The molecule has 0 N–H and O–H groups in total. The van der Waals surface area contributed by atoms with Gasteiger partial charge in [-0.15, -0.1) is 11.6 Å². The summed E-state index contributed by atoms with van der Waals surface area (Å²) in [6.45, 7) is 4.06. The Hall–Kier alpha value is -1.67. The summed E-state index contributed by atoms with van der Waals surface area (Å²) in [4.78, 5) is 0. The first kappa shape index (κ1) is 14.7. The highest BCUT2D eigenvalue weighted by Gasteiger charge is 2.15. The van der Waals surface area contributed by atoms with Gasteiger partial charge in [-0.05, 0) is 54.3 Å². The Morgan fingerprint density at radius 1 is 0.900 bits per heavy atom. The van der Waals surface area contributed by atoms with Crippen LogP contribution in [0.2, 0.25) is 0 Å². The van der Waals surface area contributed by atoms with Crippen LogP contribution in [0.15, 0.2) is 36.4 Å². The summed E-state index contributed by atoms with van der Waals surface area (Å²) in [6, 6.07) is 12.0. The largest absolute Gasteiger partial charge is 0.497 e. The zero-order valence-electron chi connectivity index (χ0n) is 12.2. The molecule has 2 nitrogen and oxygen atoms in total. The molecule has 0 saturated carbocycles. The lowest BCUT2D eigenvalue weighted by Gasteiger charge is -2.16. The third-order valence-corrected chi connectivity index (χ3v) is 3.96. The number of hydrogen-bond donors (Lipinski definition) is 0. The minimum atomic E-state index is -0.199. The molecule has 0 aliphatic carbocycles. The van der Waals surface area contributed by atoms with Crippen LogP contribution >= 0.6 is 11.6 Å². The van der Waals surface area contributed by atoms with Crippen LogP contribution in [0.4, 0.5) is 0 Å². The molecular weight excluding hydrogens is 272 g/mol. The predicted molar refractivity (Wildman–Crippen MR) is 83.2 cm³/mol. The smallest absolute Gasteiger partial charge is 0.122 e. The van der Waals surface area contributed by atoms with Gasteiger partial charge in [-0.1, -0.05) is 18.2 Å². The Labute approximate surface area is 125 Å². The van der Waals surface area contributed by atoms with Crippen molar-refractivity contribution < 1.29 is 9.47 Å². The fourth-order valence-electron chi connectivity index (χ4n) is 2.23. The fourth-order valence-corrected chi connectivity index (χ4v) is 2.61. The molecule has 0 aromatic heterocycles. The summed E-state index contributed by atoms with van der Waals surface area (Å²) < 4.78 is 10.6. The number of benzene rings is 2. The molecule has 2 aromatic rings. The van der Waals surface area contributed by atoms with Crippen LogP contribution in [-0.2, 0) is 0 Å². The maximum absolute atomic E-state index is 6.62. The van der Waals surface area contributed by atoms with E-state index in [9.17, 15) is 0 Å². The summed E-state index contributed by atoms with van der Waals surface area (Å²) in [5.41, 5.74) is 4.33. The van der Waals surface area contributed by atoms with Crippen LogP contribution in [0.1, 0.15) is 27.6 Å². The van der Waals surface area contributed by atoms with Crippen LogP contribution in [0.5, 0.6) is 11.5 Å². The van der Waals surface area contributed by atoms with Gasteiger partial charge in [-0.25, -0.2) is 0 Å². The van der Waals surface area contributed by atoms with Crippen molar-refractivity contribution in [3.8, 4) is 11.5 Å². The van der Waals surface area contributed by atoms with E-state index in [4.69, 9.17) is 21.1 Å². The number of alkyl halides is 1. The monoisotopic (exact) mass is 290 g/mol. The number of halogens is 1. The van der Waals surface area contributed by atoms with E-state index >= 15 is 0 Å². The van der Waals surface area contributed by atoms with Crippen molar-refractivity contribution in [3.63, 3.8) is 0 Å². The van der Waals surface area contributed by atoms with Crippen molar-refractivity contribution in [1.82, 2.24) is 0 Å². The van der Waals surface area contributed by atoms with Crippen LogP contribution in [0.3, 0.4) is 0 Å². The number of rotatable bonds is 4. The average molecular weight is 291 g/mol. The molecule has 0 fully saturated rings. The molecule has 20 heavy (non-hydrogen) atoms. The summed E-state index contributed by atoms with van der Waals surface area (Å²) in [5.74, 6) is 1.70. The predicted octanol–water partition coefficient (Wildman–Crippen LogP) is 4.65. The quantitative estimate of drug-likeness (QED) is 0.763. The Morgan fingerprint density at radius 2 is 1.65 bits per heavy atom. The molecule has 0 radical (unpaired) electrons. The van der Waals surface area contributed by atoms with Crippen LogP contribution < -0.4 is 9.47 Å². The highest BCUT2D eigenvalue weighted by molar-refractivity contribution is 6.22. The Kier molecular flexibility index (Phi) is 4.56. The second kappa shape index (κ2) is 6.19. The first-order chi connectivity index (χ1) is 9.56. The van der Waals surface area contributed by atoms with Crippen LogP contribution in [-0.4, -0.2) is 14.2 Å². The number of hydrogen-bond acceptors (Lipinski definition) is 2. The second-order valence-electron chi connectivity index (χ2n) is 4.81. The highest BCUT2D eigenvalue weighted by Crippen LogP contribution is 2.34. The van der Waals surface area contributed by atoms with Crippen molar-refractivity contribution in [1.29, 1.82) is 0 Å². The molecule has 3 heteroatoms. The van der Waals surface area contributed by atoms with Gasteiger partial charge in [0.2, 0.25) is 0 Å². The van der Waals surface area contributed by atoms with Gasteiger partial charge in [0, 0.05) is 0 Å². The van der Waals surface area contributed by atoms with E-state index in [0.717, 1.165) is 33.8 Å². The summed E-state index contributed by atoms with van der Waals surface area (Å²) in [6.07, 6.45) is 0. The van der Waals surface area contributed by atoms with Gasteiger partial charge >= 0.3 is 0 Å². The van der Waals surface area contributed by atoms with E-state index < -0.39 is 0 Å². The first-order valence-electron chi connectivity index (χ1n) is 6.50. The molecule has 0 spiro atoms. The number of ether oxygens (including phenoxy) is 2. The van der Waals surface area contributed by atoms with Gasteiger partial charge in [-0.3, -0.25) is 0 Å². The van der Waals surface area contributed by atoms with E-state index in [1.54, 1.807) is 14.2 Å². The van der Waals surface area contributed by atoms with Crippen molar-refractivity contribution >= 4 is 11.6 Å². The Balaban J connectivity index is 2.38. The fraction of sp³-hybridized carbons (Fsp3) is 0.294. The molecule has 0 amide bonds. The molecule has 2 rings (SSSR count). The molecule has 0 saturated heterocycles. The van der Waals surface area contributed by atoms with Gasteiger partial charge in [0.1, 0.15) is 11.5 Å². The van der Waals surface area contributed by atoms with Crippen molar-refractivity contribution in [2.45, 2.75) is 19.2 Å². The van der Waals surface area contributed by atoms with Crippen molar-refractivity contribution in [2.24, 2.45) is 0 Å². The molecular formula is C17H19ClO2. The third-order valence-electron chi connectivity index (χ3n) is 3.47. The average Bonchev–Trinajstić information content (AvgIpc) is 2.47. The second-order valence-corrected chi connectivity index (χ2v) is 5.25. The Bertz CT molecular complexity index is 608. The number of aryl methyl sites for hydroxylation is 2. The topological polar surface area (TPSA) is 18.5 Å². The normalized spacial score (nSPS) is 12.1. The van der Waals surface area contributed by atoms with Crippen LogP contribution in [0, 0.1) is 13.8 Å². The van der Waals surface area contributed by atoms with E-state index in [2.05, 4.69) is 0 Å². The maximum Gasteiger partial charge on any atom is 0.122 e. The molecule has 0 aliphatic heterocycles. The first-order valence-corrected chi connectivity index (χ1v) is 6.93. The minimum Gasteiger partial charge on any atom is -0.497 e. The molecule has 2 aromatic carbocycles. The van der Waals surface area contributed by atoms with Gasteiger partial charge in [0.15, 0.2) is 0 Å². The molecule has 1 unspecified atom stereocenters. The number of methoxy groups -OCH3 is 2.